The Morgan fingerprint density at radius 3 is 1.89 bits per heavy atom. The molecule has 4 aromatic rings. The number of carbonyl (C=O) groups is 2. The van der Waals surface area contributed by atoms with E-state index in [9.17, 15) is 9.59 Å². The molecule has 0 bridgehead atoms. The van der Waals surface area contributed by atoms with Gasteiger partial charge in [0.1, 0.15) is 0 Å². The van der Waals surface area contributed by atoms with Gasteiger partial charge in [-0.3, -0.25) is 19.4 Å². The highest BCUT2D eigenvalue weighted by molar-refractivity contribution is 6.21. The van der Waals surface area contributed by atoms with Crippen molar-refractivity contribution in [3.05, 3.63) is 101 Å². The van der Waals surface area contributed by atoms with Crippen LogP contribution in [0.1, 0.15) is 31.8 Å². The Morgan fingerprint density at radius 1 is 0.657 bits per heavy atom. The number of carbonyl (C=O) groups excluding carboxylic acids is 2. The summed E-state index contributed by atoms with van der Waals surface area (Å²) in [5, 5.41) is 2.24. The van der Waals surface area contributed by atoms with E-state index in [1.54, 1.807) is 36.7 Å². The number of hydrogen-bond acceptors (Lipinski definition) is 6. The van der Waals surface area contributed by atoms with Crippen LogP contribution in [0.5, 0.6) is 0 Å². The molecule has 3 aromatic carbocycles. The summed E-state index contributed by atoms with van der Waals surface area (Å²) in [6.45, 7) is 4.64. The van der Waals surface area contributed by atoms with Gasteiger partial charge in [0.25, 0.3) is 11.8 Å². The molecular formula is C28H25N5O2. The van der Waals surface area contributed by atoms with Crippen molar-refractivity contribution in [2.24, 2.45) is 0 Å². The molecule has 174 valence electrons. The van der Waals surface area contributed by atoms with Crippen LogP contribution in [0.25, 0.3) is 10.8 Å². The Balaban J connectivity index is 1.24. The Kier molecular flexibility index (Phi) is 5.47. The van der Waals surface area contributed by atoms with Crippen molar-refractivity contribution in [1.82, 2.24) is 19.8 Å². The zero-order chi connectivity index (χ0) is 23.8. The van der Waals surface area contributed by atoms with Gasteiger partial charge < -0.3 is 4.90 Å². The van der Waals surface area contributed by atoms with Gasteiger partial charge in [0, 0.05) is 45.1 Å². The van der Waals surface area contributed by atoms with Crippen molar-refractivity contribution in [3.8, 4) is 0 Å². The van der Waals surface area contributed by atoms with E-state index in [-0.39, 0.29) is 18.4 Å². The van der Waals surface area contributed by atoms with Gasteiger partial charge in [-0.1, -0.05) is 48.5 Å². The molecular weight excluding hydrogens is 438 g/mol. The molecule has 0 spiro atoms. The highest BCUT2D eigenvalue weighted by Crippen LogP contribution is 2.29. The van der Waals surface area contributed by atoms with Crippen molar-refractivity contribution < 1.29 is 9.59 Å². The van der Waals surface area contributed by atoms with E-state index >= 15 is 0 Å². The van der Waals surface area contributed by atoms with Gasteiger partial charge in [0.2, 0.25) is 5.95 Å². The van der Waals surface area contributed by atoms with Crippen LogP contribution in [-0.2, 0) is 13.1 Å². The molecule has 7 heteroatoms. The number of hydrogen-bond donors (Lipinski definition) is 0. The zero-order valence-electron chi connectivity index (χ0n) is 19.3. The first kappa shape index (κ1) is 21.4. The van der Waals surface area contributed by atoms with E-state index < -0.39 is 0 Å². The molecule has 3 heterocycles. The summed E-state index contributed by atoms with van der Waals surface area (Å²) < 4.78 is 0. The van der Waals surface area contributed by atoms with Gasteiger partial charge in [0.15, 0.2) is 0 Å². The first-order valence-corrected chi connectivity index (χ1v) is 11.9. The number of piperazine rings is 1. The number of aromatic nitrogens is 2. The topological polar surface area (TPSA) is 69.6 Å². The summed E-state index contributed by atoms with van der Waals surface area (Å²) in [7, 11) is 0. The molecule has 2 amide bonds. The number of nitrogens with zero attached hydrogens (tertiary/aromatic N) is 5. The fraction of sp³-hybridized carbons (Fsp3) is 0.214. The second kappa shape index (κ2) is 8.92. The first-order chi connectivity index (χ1) is 17.2. The standard InChI is InChI=1S/C28H25N5O2/c34-26-23-10-1-2-11-24(23)27(35)33(26)19-22-9-4-7-20-6-3-8-21(25(20)22)18-31-14-16-32(17-15-31)28-29-12-5-13-30-28/h1-13H,14-19H2. The van der Waals surface area contributed by atoms with Crippen molar-refractivity contribution in [1.29, 1.82) is 0 Å². The van der Waals surface area contributed by atoms with E-state index in [1.165, 1.54) is 10.5 Å². The number of anilines is 1. The predicted molar refractivity (Wildman–Crippen MR) is 134 cm³/mol. The quantitative estimate of drug-likeness (QED) is 0.420. The highest BCUT2D eigenvalue weighted by Gasteiger charge is 2.35. The smallest absolute Gasteiger partial charge is 0.261 e. The lowest BCUT2D eigenvalue weighted by atomic mass is 9.98. The van der Waals surface area contributed by atoms with Crippen LogP contribution in [-0.4, -0.2) is 57.8 Å². The van der Waals surface area contributed by atoms with E-state index in [2.05, 4.69) is 44.0 Å². The van der Waals surface area contributed by atoms with Gasteiger partial charge >= 0.3 is 0 Å². The van der Waals surface area contributed by atoms with Crippen molar-refractivity contribution in [3.63, 3.8) is 0 Å². The first-order valence-electron chi connectivity index (χ1n) is 11.9. The van der Waals surface area contributed by atoms with Crippen LogP contribution < -0.4 is 4.90 Å². The minimum absolute atomic E-state index is 0.223. The molecule has 0 atom stereocenters. The number of benzene rings is 3. The van der Waals surface area contributed by atoms with Gasteiger partial charge in [0.05, 0.1) is 17.7 Å². The lowest BCUT2D eigenvalue weighted by Crippen LogP contribution is -2.46. The second-order valence-corrected chi connectivity index (χ2v) is 8.99. The minimum Gasteiger partial charge on any atom is -0.338 e. The fourth-order valence-corrected chi connectivity index (χ4v) is 5.12. The molecule has 1 aromatic heterocycles. The zero-order valence-corrected chi connectivity index (χ0v) is 19.3. The Labute approximate surface area is 203 Å². The lowest BCUT2D eigenvalue weighted by molar-refractivity contribution is 0.0643. The number of amides is 2. The summed E-state index contributed by atoms with van der Waals surface area (Å²) >= 11 is 0. The minimum atomic E-state index is -0.223. The lowest BCUT2D eigenvalue weighted by Gasteiger charge is -2.35. The van der Waals surface area contributed by atoms with Crippen LogP contribution in [0.4, 0.5) is 5.95 Å². The third kappa shape index (κ3) is 3.94. The SMILES string of the molecule is O=C1c2ccccc2C(=O)N1Cc1cccc2cccc(CN3CCN(c4ncccn4)CC3)c12. The maximum atomic E-state index is 13.0. The molecule has 7 nitrogen and oxygen atoms in total. The number of rotatable bonds is 5. The normalized spacial score (nSPS) is 16.2. The Hall–Kier alpha value is -4.10. The van der Waals surface area contributed by atoms with Crippen molar-refractivity contribution in [2.75, 3.05) is 31.1 Å². The molecule has 2 aliphatic rings. The summed E-state index contributed by atoms with van der Waals surface area (Å²) in [5.41, 5.74) is 3.17. The van der Waals surface area contributed by atoms with E-state index in [1.807, 2.05) is 18.2 Å². The molecule has 1 fully saturated rings. The largest absolute Gasteiger partial charge is 0.338 e. The molecule has 35 heavy (non-hydrogen) atoms. The van der Waals surface area contributed by atoms with Gasteiger partial charge in [-0.2, -0.15) is 0 Å². The molecule has 0 aliphatic carbocycles. The number of imide groups is 1. The fourth-order valence-electron chi connectivity index (χ4n) is 5.12. The maximum absolute atomic E-state index is 13.0. The molecule has 2 aliphatic heterocycles. The molecule has 0 N–H and O–H groups in total. The molecule has 6 rings (SSSR count). The highest BCUT2D eigenvalue weighted by atomic mass is 16.2. The van der Waals surface area contributed by atoms with Gasteiger partial charge in [-0.25, -0.2) is 9.97 Å². The average molecular weight is 464 g/mol. The molecule has 0 radical (unpaired) electrons. The van der Waals surface area contributed by atoms with E-state index in [0.717, 1.165) is 55.0 Å². The van der Waals surface area contributed by atoms with Gasteiger partial charge in [-0.05, 0) is 40.1 Å². The summed E-state index contributed by atoms with van der Waals surface area (Å²) in [5.74, 6) is 0.333. The van der Waals surface area contributed by atoms with Crippen molar-refractivity contribution in [2.45, 2.75) is 13.1 Å². The third-order valence-electron chi connectivity index (χ3n) is 6.89. The van der Waals surface area contributed by atoms with Crippen LogP contribution >= 0.6 is 0 Å². The van der Waals surface area contributed by atoms with Gasteiger partial charge in [-0.15, -0.1) is 0 Å². The Bertz CT molecular complexity index is 1370. The molecule has 0 saturated carbocycles. The summed E-state index contributed by atoms with van der Waals surface area (Å²) in [4.78, 5) is 40.7. The predicted octanol–water partition coefficient (Wildman–Crippen LogP) is 3.75. The number of fused-ring (bicyclic) bond motifs is 2. The van der Waals surface area contributed by atoms with Crippen molar-refractivity contribution >= 4 is 28.5 Å². The third-order valence-corrected chi connectivity index (χ3v) is 6.89. The van der Waals surface area contributed by atoms with Crippen LogP contribution in [0.3, 0.4) is 0 Å². The van der Waals surface area contributed by atoms with E-state index in [4.69, 9.17) is 0 Å². The second-order valence-electron chi connectivity index (χ2n) is 8.99. The molecule has 0 unspecified atom stereocenters. The molecule has 1 saturated heterocycles. The maximum Gasteiger partial charge on any atom is 0.261 e. The Morgan fingerprint density at radius 2 is 1.26 bits per heavy atom. The van der Waals surface area contributed by atoms with Crippen LogP contribution in [0.2, 0.25) is 0 Å². The van der Waals surface area contributed by atoms with Crippen LogP contribution in [0.15, 0.2) is 79.1 Å². The summed E-state index contributed by atoms with van der Waals surface area (Å²) in [6, 6.07) is 21.3. The summed E-state index contributed by atoms with van der Waals surface area (Å²) in [6.07, 6.45) is 3.56. The monoisotopic (exact) mass is 463 g/mol. The average Bonchev–Trinajstić information content (AvgIpc) is 3.15. The van der Waals surface area contributed by atoms with Crippen LogP contribution in [0, 0.1) is 0 Å². The van der Waals surface area contributed by atoms with E-state index in [0.29, 0.717) is 11.1 Å².